The minimum absolute atomic E-state index is 0.0176. The lowest BCUT2D eigenvalue weighted by molar-refractivity contribution is -0.122. The zero-order valence-electron chi connectivity index (χ0n) is 19.4. The normalized spacial score (nSPS) is 12.3. The van der Waals surface area contributed by atoms with Crippen molar-refractivity contribution in [2.75, 3.05) is 6.54 Å². The van der Waals surface area contributed by atoms with Crippen LogP contribution in [-0.2, 0) is 21.4 Å². The molecule has 184 valence electrons. The Morgan fingerprint density at radius 3 is 2.17 bits per heavy atom. The van der Waals surface area contributed by atoms with Crippen LogP contribution in [0.1, 0.15) is 47.3 Å². The van der Waals surface area contributed by atoms with E-state index in [1.165, 1.54) is 24.3 Å². The zero-order valence-corrected chi connectivity index (χ0v) is 20.9. The number of primary amides is 1. The summed E-state index contributed by atoms with van der Waals surface area (Å²) in [5.74, 6) is -1.00. The number of sulfonamides is 1. The van der Waals surface area contributed by atoms with Crippen LogP contribution in [0.3, 0.4) is 0 Å². The lowest BCUT2D eigenvalue weighted by atomic mass is 10.1. The Labute approximate surface area is 211 Å². The fourth-order valence-corrected chi connectivity index (χ4v) is 5.29. The van der Waals surface area contributed by atoms with Crippen LogP contribution in [0, 0.1) is 0 Å². The number of amides is 2. The summed E-state index contributed by atoms with van der Waals surface area (Å²) in [6, 6.07) is 19.6. The van der Waals surface area contributed by atoms with Crippen LogP contribution in [-0.4, -0.2) is 31.1 Å². The average molecular weight is 514 g/mol. The summed E-state index contributed by atoms with van der Waals surface area (Å²) in [5, 5.41) is 3.23. The number of nitrogens with two attached hydrogens (primary N) is 1. The standard InChI is InChI=1S/C26H28ClN3O4S/c1-2-3-17-29-26(32)21-11-9-19(10-12-21)18-30(24(25(28)31)20-7-5-4-6-8-20)35(33,34)23-15-13-22(27)14-16-23/h4-16,24H,2-3,17-18H2,1H3,(H2,28,31)(H,29,32). The lowest BCUT2D eigenvalue weighted by Gasteiger charge is -2.29. The molecule has 0 bridgehead atoms. The van der Waals surface area contributed by atoms with E-state index in [0.717, 1.165) is 17.1 Å². The third-order valence-corrected chi connectivity index (χ3v) is 7.54. The molecule has 0 fully saturated rings. The molecule has 0 saturated carbocycles. The maximum Gasteiger partial charge on any atom is 0.251 e. The minimum atomic E-state index is -4.16. The van der Waals surface area contributed by atoms with Gasteiger partial charge < -0.3 is 11.1 Å². The molecular weight excluding hydrogens is 486 g/mol. The SMILES string of the molecule is CCCCNC(=O)c1ccc(CN(C(C(N)=O)c2ccccc2)S(=O)(=O)c2ccc(Cl)cc2)cc1. The number of hydrogen-bond donors (Lipinski definition) is 2. The van der Waals surface area contributed by atoms with Crippen molar-refractivity contribution in [3.8, 4) is 0 Å². The summed E-state index contributed by atoms with van der Waals surface area (Å²) in [6.07, 6.45) is 1.86. The van der Waals surface area contributed by atoms with Crippen molar-refractivity contribution >= 4 is 33.4 Å². The third-order valence-electron chi connectivity index (χ3n) is 5.46. The third kappa shape index (κ3) is 6.69. The molecule has 0 aliphatic carbocycles. The molecule has 0 aliphatic rings. The first-order valence-corrected chi connectivity index (χ1v) is 13.0. The number of hydrogen-bond acceptors (Lipinski definition) is 4. The Balaban J connectivity index is 1.98. The van der Waals surface area contributed by atoms with Crippen molar-refractivity contribution in [1.82, 2.24) is 9.62 Å². The molecule has 7 nitrogen and oxygen atoms in total. The lowest BCUT2D eigenvalue weighted by Crippen LogP contribution is -2.41. The highest BCUT2D eigenvalue weighted by molar-refractivity contribution is 7.89. The number of unbranched alkanes of at least 4 members (excludes halogenated alkanes) is 1. The smallest absolute Gasteiger partial charge is 0.251 e. The number of nitrogens with one attached hydrogen (secondary N) is 1. The van der Waals surface area contributed by atoms with Crippen LogP contribution in [0.2, 0.25) is 5.02 Å². The highest BCUT2D eigenvalue weighted by atomic mass is 35.5. The average Bonchev–Trinajstić information content (AvgIpc) is 2.85. The molecule has 0 heterocycles. The molecule has 0 aromatic heterocycles. The zero-order chi connectivity index (χ0) is 25.4. The van der Waals surface area contributed by atoms with Crippen molar-refractivity contribution < 1.29 is 18.0 Å². The van der Waals surface area contributed by atoms with Gasteiger partial charge in [-0.25, -0.2) is 8.42 Å². The second kappa shape index (κ2) is 12.0. The summed E-state index contributed by atoms with van der Waals surface area (Å²) < 4.78 is 28.5. The molecule has 1 unspecified atom stereocenters. The number of benzene rings is 3. The number of carbonyl (C=O) groups is 2. The van der Waals surface area contributed by atoms with Gasteiger partial charge in [-0.15, -0.1) is 0 Å². The largest absolute Gasteiger partial charge is 0.368 e. The van der Waals surface area contributed by atoms with Crippen LogP contribution in [0.25, 0.3) is 0 Å². The van der Waals surface area contributed by atoms with Crippen molar-refractivity contribution in [3.63, 3.8) is 0 Å². The summed E-state index contributed by atoms with van der Waals surface area (Å²) in [4.78, 5) is 24.9. The van der Waals surface area contributed by atoms with Gasteiger partial charge >= 0.3 is 0 Å². The highest BCUT2D eigenvalue weighted by Crippen LogP contribution is 2.30. The molecule has 0 saturated heterocycles. The van der Waals surface area contributed by atoms with E-state index < -0.39 is 22.0 Å². The van der Waals surface area contributed by atoms with Crippen LogP contribution >= 0.6 is 11.6 Å². The molecule has 2 amide bonds. The van der Waals surface area contributed by atoms with E-state index in [1.54, 1.807) is 54.6 Å². The number of rotatable bonds is 11. The first-order valence-electron chi connectivity index (χ1n) is 11.2. The molecule has 9 heteroatoms. The van der Waals surface area contributed by atoms with Gasteiger partial charge in [0.2, 0.25) is 15.9 Å². The van der Waals surface area contributed by atoms with Gasteiger partial charge in [0, 0.05) is 23.7 Å². The first kappa shape index (κ1) is 26.4. The van der Waals surface area contributed by atoms with Gasteiger partial charge in [0.1, 0.15) is 6.04 Å². The van der Waals surface area contributed by atoms with Gasteiger partial charge in [-0.05, 0) is 53.9 Å². The van der Waals surface area contributed by atoms with Crippen molar-refractivity contribution in [3.05, 3.63) is 101 Å². The van der Waals surface area contributed by atoms with E-state index in [9.17, 15) is 18.0 Å². The predicted molar refractivity (Wildman–Crippen MR) is 136 cm³/mol. The van der Waals surface area contributed by atoms with Crippen molar-refractivity contribution in [1.29, 1.82) is 0 Å². The summed E-state index contributed by atoms with van der Waals surface area (Å²) in [6.45, 7) is 2.49. The molecule has 35 heavy (non-hydrogen) atoms. The Kier molecular flexibility index (Phi) is 9.03. The Bertz CT molecular complexity index is 1250. The van der Waals surface area contributed by atoms with Crippen molar-refractivity contribution in [2.24, 2.45) is 5.73 Å². The number of carbonyl (C=O) groups excluding carboxylic acids is 2. The fourth-order valence-electron chi connectivity index (χ4n) is 3.59. The number of nitrogens with zero attached hydrogens (tertiary/aromatic N) is 1. The van der Waals surface area contributed by atoms with Gasteiger partial charge in [0.25, 0.3) is 5.91 Å². The summed E-state index contributed by atoms with van der Waals surface area (Å²) >= 11 is 5.95. The topological polar surface area (TPSA) is 110 Å². The fraction of sp³-hybridized carbons (Fsp3) is 0.231. The van der Waals surface area contributed by atoms with E-state index in [1.807, 2.05) is 6.92 Å². The Morgan fingerprint density at radius 2 is 1.60 bits per heavy atom. The Morgan fingerprint density at radius 1 is 0.971 bits per heavy atom. The predicted octanol–water partition coefficient (Wildman–Crippen LogP) is 4.29. The van der Waals surface area contributed by atoms with Crippen LogP contribution in [0.4, 0.5) is 0 Å². The van der Waals surface area contributed by atoms with Gasteiger partial charge in [-0.3, -0.25) is 9.59 Å². The van der Waals surface area contributed by atoms with E-state index in [2.05, 4.69) is 5.32 Å². The molecule has 3 aromatic rings. The molecule has 3 aromatic carbocycles. The monoisotopic (exact) mass is 513 g/mol. The Hall–Kier alpha value is -3.20. The maximum atomic E-state index is 13.7. The van der Waals surface area contributed by atoms with Gasteiger partial charge in [0.05, 0.1) is 4.90 Å². The first-order chi connectivity index (χ1) is 16.7. The van der Waals surface area contributed by atoms with Gasteiger partial charge in [-0.1, -0.05) is 67.4 Å². The molecule has 0 radical (unpaired) electrons. The number of halogens is 1. The second-order valence-electron chi connectivity index (χ2n) is 8.03. The molecular formula is C26H28ClN3O4S. The van der Waals surface area contributed by atoms with Crippen LogP contribution in [0.15, 0.2) is 83.8 Å². The van der Waals surface area contributed by atoms with Gasteiger partial charge in [-0.2, -0.15) is 4.31 Å². The van der Waals surface area contributed by atoms with Crippen LogP contribution < -0.4 is 11.1 Å². The summed E-state index contributed by atoms with van der Waals surface area (Å²) in [5.41, 5.74) is 7.23. The van der Waals surface area contributed by atoms with E-state index in [0.29, 0.717) is 28.3 Å². The quantitative estimate of drug-likeness (QED) is 0.373. The van der Waals surface area contributed by atoms with Gasteiger partial charge in [0.15, 0.2) is 0 Å². The maximum absolute atomic E-state index is 13.7. The van der Waals surface area contributed by atoms with E-state index >= 15 is 0 Å². The molecule has 3 rings (SSSR count). The van der Waals surface area contributed by atoms with Crippen molar-refractivity contribution in [2.45, 2.75) is 37.2 Å². The molecule has 0 aliphatic heterocycles. The molecule has 1 atom stereocenters. The minimum Gasteiger partial charge on any atom is -0.368 e. The molecule has 0 spiro atoms. The second-order valence-corrected chi connectivity index (χ2v) is 10.4. The molecule has 3 N–H and O–H groups in total. The van der Waals surface area contributed by atoms with E-state index in [4.69, 9.17) is 17.3 Å². The van der Waals surface area contributed by atoms with E-state index in [-0.39, 0.29) is 17.3 Å². The highest BCUT2D eigenvalue weighted by Gasteiger charge is 2.36. The summed E-state index contributed by atoms with van der Waals surface area (Å²) in [7, 11) is -4.16. The van der Waals surface area contributed by atoms with Crippen LogP contribution in [0.5, 0.6) is 0 Å².